The Morgan fingerprint density at radius 3 is 1.61 bits per heavy atom. The zero-order valence-electron chi connectivity index (χ0n) is 17.9. The van der Waals surface area contributed by atoms with Crippen molar-refractivity contribution in [1.82, 2.24) is 0 Å². The number of amides is 3. The van der Waals surface area contributed by atoms with E-state index in [0.717, 1.165) is 53.9 Å². The molecule has 2 saturated carbocycles. The van der Waals surface area contributed by atoms with E-state index in [0.29, 0.717) is 5.69 Å². The number of carbonyl (C=O) groups excluding carboxylic acids is 3. The summed E-state index contributed by atoms with van der Waals surface area (Å²) in [6.45, 7) is 3.87. The van der Waals surface area contributed by atoms with Crippen molar-refractivity contribution in [2.24, 2.45) is 11.8 Å². The van der Waals surface area contributed by atoms with Crippen LogP contribution in [0.2, 0.25) is 0 Å². The van der Waals surface area contributed by atoms with Crippen LogP contribution in [-0.2, 0) is 14.4 Å². The first-order valence-electron chi connectivity index (χ1n) is 10.8. The molecule has 4 N–H and O–H groups in total. The van der Waals surface area contributed by atoms with Crippen LogP contribution in [0, 0.1) is 25.7 Å². The molecule has 3 amide bonds. The summed E-state index contributed by atoms with van der Waals surface area (Å²) in [4.78, 5) is 36.6. The highest BCUT2D eigenvalue weighted by Gasteiger charge is 2.30. The minimum atomic E-state index is -0.194. The number of nitrogens with one attached hydrogen (secondary N) is 4. The van der Waals surface area contributed by atoms with Gasteiger partial charge in [-0.15, -0.1) is 0 Å². The molecule has 0 aromatic heterocycles. The van der Waals surface area contributed by atoms with Crippen LogP contribution in [0.3, 0.4) is 0 Å². The van der Waals surface area contributed by atoms with E-state index in [4.69, 9.17) is 0 Å². The highest BCUT2D eigenvalue weighted by Crippen LogP contribution is 2.32. The zero-order valence-corrected chi connectivity index (χ0v) is 17.9. The molecule has 2 aromatic rings. The van der Waals surface area contributed by atoms with Crippen LogP contribution in [0.5, 0.6) is 0 Å². The SMILES string of the molecule is Cc1c(NCC(=O)Nc2cccc(NC(=O)C3CC3)c2C)cccc1NC(=O)C1CC1. The van der Waals surface area contributed by atoms with Crippen molar-refractivity contribution in [3.8, 4) is 0 Å². The van der Waals surface area contributed by atoms with E-state index < -0.39 is 0 Å². The van der Waals surface area contributed by atoms with Gasteiger partial charge in [0.1, 0.15) is 0 Å². The third kappa shape index (κ3) is 5.23. The number of anilines is 4. The van der Waals surface area contributed by atoms with Gasteiger partial charge in [0.15, 0.2) is 0 Å². The summed E-state index contributed by atoms with van der Waals surface area (Å²) in [7, 11) is 0. The van der Waals surface area contributed by atoms with Gasteiger partial charge in [-0.1, -0.05) is 12.1 Å². The molecule has 2 aliphatic rings. The summed E-state index contributed by atoms with van der Waals surface area (Å²) in [6, 6.07) is 11.1. The molecule has 0 heterocycles. The largest absolute Gasteiger partial charge is 0.376 e. The van der Waals surface area contributed by atoms with E-state index in [2.05, 4.69) is 21.3 Å². The van der Waals surface area contributed by atoms with Gasteiger partial charge < -0.3 is 21.3 Å². The van der Waals surface area contributed by atoms with Gasteiger partial charge in [0.25, 0.3) is 0 Å². The van der Waals surface area contributed by atoms with Crippen LogP contribution < -0.4 is 21.3 Å². The Morgan fingerprint density at radius 1 is 0.710 bits per heavy atom. The van der Waals surface area contributed by atoms with Crippen molar-refractivity contribution >= 4 is 40.5 Å². The molecule has 0 atom stereocenters. The predicted octanol–water partition coefficient (Wildman–Crippen LogP) is 4.05. The van der Waals surface area contributed by atoms with Crippen molar-refractivity contribution in [3.63, 3.8) is 0 Å². The van der Waals surface area contributed by atoms with Crippen LogP contribution >= 0.6 is 0 Å². The van der Waals surface area contributed by atoms with Gasteiger partial charge in [-0.05, 0) is 74.9 Å². The fraction of sp³-hybridized carbons (Fsp3) is 0.375. The Morgan fingerprint density at radius 2 is 1.13 bits per heavy atom. The molecule has 0 radical (unpaired) electrons. The molecular weight excluding hydrogens is 392 g/mol. The third-order valence-electron chi connectivity index (χ3n) is 5.79. The molecule has 2 aliphatic carbocycles. The molecule has 0 unspecified atom stereocenters. The van der Waals surface area contributed by atoms with E-state index in [-0.39, 0.29) is 36.1 Å². The molecular formula is C24H28N4O3. The van der Waals surface area contributed by atoms with Crippen molar-refractivity contribution in [1.29, 1.82) is 0 Å². The molecule has 2 aromatic carbocycles. The second-order valence-corrected chi connectivity index (χ2v) is 8.39. The maximum absolute atomic E-state index is 12.5. The number of hydrogen-bond acceptors (Lipinski definition) is 4. The van der Waals surface area contributed by atoms with Gasteiger partial charge in [0, 0.05) is 34.6 Å². The second-order valence-electron chi connectivity index (χ2n) is 8.39. The zero-order chi connectivity index (χ0) is 22.0. The third-order valence-corrected chi connectivity index (χ3v) is 5.79. The molecule has 7 heteroatoms. The predicted molar refractivity (Wildman–Crippen MR) is 122 cm³/mol. The number of rotatable bonds is 8. The first-order chi connectivity index (χ1) is 14.9. The maximum Gasteiger partial charge on any atom is 0.243 e. The minimum Gasteiger partial charge on any atom is -0.376 e. The summed E-state index contributed by atoms with van der Waals surface area (Å²) in [6.07, 6.45) is 3.79. The molecule has 2 fully saturated rings. The molecule has 0 bridgehead atoms. The summed E-state index contributed by atoms with van der Waals surface area (Å²) < 4.78 is 0. The summed E-state index contributed by atoms with van der Waals surface area (Å²) in [5.41, 5.74) is 4.67. The Balaban J connectivity index is 1.35. The van der Waals surface area contributed by atoms with Crippen LogP contribution in [0.4, 0.5) is 22.7 Å². The van der Waals surface area contributed by atoms with Gasteiger partial charge in [0.05, 0.1) is 6.54 Å². The van der Waals surface area contributed by atoms with E-state index >= 15 is 0 Å². The van der Waals surface area contributed by atoms with Crippen LogP contribution in [0.25, 0.3) is 0 Å². The van der Waals surface area contributed by atoms with Gasteiger partial charge in [-0.3, -0.25) is 14.4 Å². The summed E-state index contributed by atoms with van der Waals surface area (Å²) >= 11 is 0. The maximum atomic E-state index is 12.5. The van der Waals surface area contributed by atoms with Gasteiger partial charge in [0.2, 0.25) is 17.7 Å². The van der Waals surface area contributed by atoms with E-state index in [1.54, 1.807) is 0 Å². The lowest BCUT2D eigenvalue weighted by Crippen LogP contribution is -2.23. The van der Waals surface area contributed by atoms with E-state index in [9.17, 15) is 14.4 Å². The van der Waals surface area contributed by atoms with Crippen LogP contribution in [0.1, 0.15) is 36.8 Å². The number of carbonyl (C=O) groups is 3. The average molecular weight is 421 g/mol. The lowest BCUT2D eigenvalue weighted by molar-refractivity contribution is -0.118. The topological polar surface area (TPSA) is 99.3 Å². The smallest absolute Gasteiger partial charge is 0.243 e. The molecule has 7 nitrogen and oxygen atoms in total. The van der Waals surface area contributed by atoms with E-state index in [1.165, 1.54) is 0 Å². The Labute approximate surface area is 182 Å². The van der Waals surface area contributed by atoms with E-state index in [1.807, 2.05) is 50.2 Å². The molecule has 162 valence electrons. The monoisotopic (exact) mass is 420 g/mol. The molecule has 0 spiro atoms. The second kappa shape index (κ2) is 8.79. The Bertz CT molecular complexity index is 1030. The van der Waals surface area contributed by atoms with Gasteiger partial charge >= 0.3 is 0 Å². The van der Waals surface area contributed by atoms with Crippen molar-refractivity contribution < 1.29 is 14.4 Å². The summed E-state index contributed by atoms with van der Waals surface area (Å²) in [5.74, 6) is 0.157. The lowest BCUT2D eigenvalue weighted by Gasteiger charge is -2.16. The first kappa shape index (κ1) is 20.9. The normalized spacial score (nSPS) is 15.2. The lowest BCUT2D eigenvalue weighted by atomic mass is 10.1. The summed E-state index contributed by atoms with van der Waals surface area (Å²) in [5, 5.41) is 12.0. The fourth-order valence-corrected chi connectivity index (χ4v) is 3.40. The Kier molecular flexibility index (Phi) is 5.93. The van der Waals surface area contributed by atoms with Crippen molar-refractivity contribution in [3.05, 3.63) is 47.5 Å². The van der Waals surface area contributed by atoms with Gasteiger partial charge in [-0.25, -0.2) is 0 Å². The standard InChI is InChI=1S/C24H28N4O3/c1-14-18(5-3-7-20(14)27-23(30)16-9-10-16)25-13-22(29)26-19-6-4-8-21(15(19)2)28-24(31)17-11-12-17/h3-8,16-17,25H,9-13H2,1-2H3,(H,26,29)(H,27,30)(H,28,31). The van der Waals surface area contributed by atoms with Crippen LogP contribution in [-0.4, -0.2) is 24.3 Å². The fourth-order valence-electron chi connectivity index (χ4n) is 3.40. The van der Waals surface area contributed by atoms with Gasteiger partial charge in [-0.2, -0.15) is 0 Å². The quantitative estimate of drug-likeness (QED) is 0.518. The average Bonchev–Trinajstić information content (AvgIpc) is 3.64. The molecule has 31 heavy (non-hydrogen) atoms. The molecule has 0 saturated heterocycles. The van der Waals surface area contributed by atoms with Crippen molar-refractivity contribution in [2.45, 2.75) is 39.5 Å². The first-order valence-corrected chi connectivity index (χ1v) is 10.8. The molecule has 0 aliphatic heterocycles. The highest BCUT2D eigenvalue weighted by molar-refractivity contribution is 5.99. The Hall–Kier alpha value is -3.35. The van der Waals surface area contributed by atoms with Crippen molar-refractivity contribution in [2.75, 3.05) is 27.8 Å². The van der Waals surface area contributed by atoms with Crippen LogP contribution in [0.15, 0.2) is 36.4 Å². The minimum absolute atomic E-state index is 0.0392. The molecule has 4 rings (SSSR count). The highest BCUT2D eigenvalue weighted by atomic mass is 16.2. The number of benzene rings is 2. The number of hydrogen-bond donors (Lipinski definition) is 4.